The van der Waals surface area contributed by atoms with E-state index in [0.29, 0.717) is 21.4 Å². The maximum atomic E-state index is 9.78. The predicted molar refractivity (Wildman–Crippen MR) is 73.9 cm³/mol. The Labute approximate surface area is 108 Å². The number of benzene rings is 2. The Hall–Kier alpha value is -1.81. The largest absolute Gasteiger partial charge is 0.506 e. The highest BCUT2D eigenvalue weighted by Gasteiger charge is 2.02. The summed E-state index contributed by atoms with van der Waals surface area (Å²) >= 11 is 3.25. The molecule has 17 heavy (non-hydrogen) atoms. The quantitative estimate of drug-likeness (QED) is 0.657. The lowest BCUT2D eigenvalue weighted by Crippen LogP contribution is -1.86. The van der Waals surface area contributed by atoms with Crippen LogP contribution in [0.15, 0.2) is 51.9 Å². The number of halogens is 1. The first-order valence-electron chi connectivity index (χ1n) is 5.04. The lowest BCUT2D eigenvalue weighted by molar-refractivity contribution is 0.471. The molecule has 0 aliphatic heterocycles. The van der Waals surface area contributed by atoms with Gasteiger partial charge in [0.05, 0.1) is 15.8 Å². The molecule has 0 aromatic heterocycles. The van der Waals surface area contributed by atoms with Crippen LogP contribution in [0, 0.1) is 0 Å². The summed E-state index contributed by atoms with van der Waals surface area (Å²) in [5.74, 6) is 0.172. The highest BCUT2D eigenvalue weighted by Crippen LogP contribution is 2.27. The van der Waals surface area contributed by atoms with Gasteiger partial charge in [0.25, 0.3) is 0 Å². The molecule has 0 radical (unpaired) electrons. The van der Waals surface area contributed by atoms with Crippen molar-refractivity contribution >= 4 is 33.5 Å². The molecular weight excluding hydrogens is 280 g/mol. The van der Waals surface area contributed by atoms with Crippen LogP contribution in [0.1, 0.15) is 5.56 Å². The topological polar surface area (TPSA) is 58.6 Å². The summed E-state index contributed by atoms with van der Waals surface area (Å²) in [5, 5.41) is 9.78. The van der Waals surface area contributed by atoms with Crippen molar-refractivity contribution in [3.63, 3.8) is 0 Å². The van der Waals surface area contributed by atoms with Crippen molar-refractivity contribution < 1.29 is 5.11 Å². The Morgan fingerprint density at radius 2 is 1.88 bits per heavy atom. The fourth-order valence-corrected chi connectivity index (χ4v) is 1.76. The Balaban J connectivity index is 2.33. The first kappa shape index (κ1) is 11.7. The lowest BCUT2D eigenvalue weighted by Gasteiger charge is -2.01. The number of nitrogen functional groups attached to an aromatic ring is 1. The number of aliphatic imine (C=N–C) groups is 1. The van der Waals surface area contributed by atoms with E-state index in [9.17, 15) is 5.11 Å². The number of hydrogen-bond donors (Lipinski definition) is 2. The molecule has 2 aromatic rings. The Morgan fingerprint density at radius 1 is 1.12 bits per heavy atom. The van der Waals surface area contributed by atoms with E-state index in [4.69, 9.17) is 5.73 Å². The third-order valence-electron chi connectivity index (χ3n) is 2.30. The third kappa shape index (κ3) is 2.65. The number of para-hydroxylation sites is 3. The number of anilines is 1. The molecule has 0 saturated carbocycles. The van der Waals surface area contributed by atoms with Crippen molar-refractivity contribution in [1.82, 2.24) is 0 Å². The summed E-state index contributed by atoms with van der Waals surface area (Å²) in [6.45, 7) is 0. The summed E-state index contributed by atoms with van der Waals surface area (Å²) in [6.07, 6.45) is 1.59. The molecule has 0 amide bonds. The van der Waals surface area contributed by atoms with Crippen molar-refractivity contribution in [3.8, 4) is 5.75 Å². The van der Waals surface area contributed by atoms with Gasteiger partial charge in [0, 0.05) is 11.8 Å². The number of hydrogen-bond acceptors (Lipinski definition) is 3. The molecule has 0 aliphatic rings. The van der Waals surface area contributed by atoms with E-state index in [-0.39, 0.29) is 5.75 Å². The van der Waals surface area contributed by atoms with Gasteiger partial charge in [-0.05, 0) is 40.2 Å². The molecule has 4 heteroatoms. The second kappa shape index (κ2) is 5.01. The van der Waals surface area contributed by atoms with Crippen LogP contribution < -0.4 is 5.73 Å². The Bertz CT molecular complexity index is 567. The smallest absolute Gasteiger partial charge is 0.138 e. The van der Waals surface area contributed by atoms with Crippen LogP contribution in [0.2, 0.25) is 0 Å². The molecule has 0 bridgehead atoms. The maximum absolute atomic E-state index is 9.78. The van der Waals surface area contributed by atoms with E-state index in [1.807, 2.05) is 24.3 Å². The second-order valence-electron chi connectivity index (χ2n) is 3.49. The van der Waals surface area contributed by atoms with Crippen LogP contribution in [0.4, 0.5) is 11.4 Å². The normalized spacial score (nSPS) is 10.9. The lowest BCUT2D eigenvalue weighted by atomic mass is 10.2. The van der Waals surface area contributed by atoms with Crippen LogP contribution in [0.5, 0.6) is 5.75 Å². The third-order valence-corrected chi connectivity index (χ3v) is 2.94. The highest BCUT2D eigenvalue weighted by molar-refractivity contribution is 9.10. The molecule has 0 unspecified atom stereocenters. The molecule has 0 atom stereocenters. The van der Waals surface area contributed by atoms with Crippen molar-refractivity contribution in [1.29, 1.82) is 0 Å². The van der Waals surface area contributed by atoms with E-state index in [1.54, 1.807) is 24.4 Å². The zero-order chi connectivity index (χ0) is 12.3. The summed E-state index contributed by atoms with van der Waals surface area (Å²) < 4.78 is 0.641. The van der Waals surface area contributed by atoms with E-state index in [0.717, 1.165) is 0 Å². The van der Waals surface area contributed by atoms with Crippen LogP contribution >= 0.6 is 15.9 Å². The number of phenols is 1. The van der Waals surface area contributed by atoms with Crippen molar-refractivity contribution in [2.24, 2.45) is 4.99 Å². The van der Waals surface area contributed by atoms with Crippen LogP contribution in [-0.4, -0.2) is 11.3 Å². The number of rotatable bonds is 2. The van der Waals surface area contributed by atoms with E-state index >= 15 is 0 Å². The number of phenolic OH excluding ortho intramolecular Hbond substituents is 1. The van der Waals surface area contributed by atoms with Gasteiger partial charge in [0.2, 0.25) is 0 Å². The average molecular weight is 291 g/mol. The van der Waals surface area contributed by atoms with Gasteiger partial charge in [-0.3, -0.25) is 4.99 Å². The van der Waals surface area contributed by atoms with Gasteiger partial charge in [0.15, 0.2) is 0 Å². The molecule has 0 fully saturated rings. The number of aromatic hydroxyl groups is 1. The molecule has 3 N–H and O–H groups in total. The molecular formula is C13H11BrN2O. The van der Waals surface area contributed by atoms with Gasteiger partial charge >= 0.3 is 0 Å². The molecule has 0 heterocycles. The van der Waals surface area contributed by atoms with Gasteiger partial charge in [-0.15, -0.1) is 0 Å². The fourth-order valence-electron chi connectivity index (χ4n) is 1.38. The predicted octanol–water partition coefficient (Wildman–Crippen LogP) is 3.49. The van der Waals surface area contributed by atoms with Crippen molar-refractivity contribution in [3.05, 3.63) is 52.5 Å². The van der Waals surface area contributed by atoms with Crippen LogP contribution in [-0.2, 0) is 0 Å². The molecule has 86 valence electrons. The zero-order valence-electron chi connectivity index (χ0n) is 8.97. The minimum absolute atomic E-state index is 0.172. The maximum Gasteiger partial charge on any atom is 0.138 e. The first-order chi connectivity index (χ1) is 8.18. The number of nitrogens with two attached hydrogens (primary N) is 1. The molecule has 0 spiro atoms. The monoisotopic (exact) mass is 290 g/mol. The average Bonchev–Trinajstić information content (AvgIpc) is 2.33. The SMILES string of the molecule is Nc1ccccc1N=Cc1cccc(Br)c1O. The Kier molecular flexibility index (Phi) is 3.44. The van der Waals surface area contributed by atoms with Crippen molar-refractivity contribution in [2.45, 2.75) is 0 Å². The van der Waals surface area contributed by atoms with Gasteiger partial charge in [-0.2, -0.15) is 0 Å². The molecule has 2 aromatic carbocycles. The molecule has 3 nitrogen and oxygen atoms in total. The minimum atomic E-state index is 0.172. The molecule has 0 aliphatic carbocycles. The highest BCUT2D eigenvalue weighted by atomic mass is 79.9. The van der Waals surface area contributed by atoms with E-state index in [1.165, 1.54) is 0 Å². The van der Waals surface area contributed by atoms with Gasteiger partial charge < -0.3 is 10.8 Å². The molecule has 2 rings (SSSR count). The minimum Gasteiger partial charge on any atom is -0.506 e. The Morgan fingerprint density at radius 3 is 2.65 bits per heavy atom. The second-order valence-corrected chi connectivity index (χ2v) is 4.35. The molecule has 0 saturated heterocycles. The summed E-state index contributed by atoms with van der Waals surface area (Å²) in [4.78, 5) is 4.25. The summed E-state index contributed by atoms with van der Waals surface area (Å²) in [5.41, 5.74) is 7.70. The fraction of sp³-hybridized carbons (Fsp3) is 0. The van der Waals surface area contributed by atoms with Gasteiger partial charge in [0.1, 0.15) is 5.75 Å². The summed E-state index contributed by atoms with van der Waals surface area (Å²) in [6, 6.07) is 12.7. The van der Waals surface area contributed by atoms with E-state index < -0.39 is 0 Å². The van der Waals surface area contributed by atoms with Crippen LogP contribution in [0.25, 0.3) is 0 Å². The van der Waals surface area contributed by atoms with E-state index in [2.05, 4.69) is 20.9 Å². The standard InChI is InChI=1S/C13H11BrN2O/c14-10-5-3-4-9(13(10)17)8-16-12-7-2-1-6-11(12)15/h1-8,17H,15H2. The number of nitrogens with zero attached hydrogens (tertiary/aromatic N) is 1. The van der Waals surface area contributed by atoms with Crippen molar-refractivity contribution in [2.75, 3.05) is 5.73 Å². The van der Waals surface area contributed by atoms with Gasteiger partial charge in [-0.25, -0.2) is 0 Å². The van der Waals surface area contributed by atoms with Crippen LogP contribution in [0.3, 0.4) is 0 Å². The zero-order valence-corrected chi connectivity index (χ0v) is 10.6. The first-order valence-corrected chi connectivity index (χ1v) is 5.84. The van der Waals surface area contributed by atoms with Gasteiger partial charge in [-0.1, -0.05) is 18.2 Å². The summed E-state index contributed by atoms with van der Waals surface area (Å²) in [7, 11) is 0.